The molecule has 2 rings (SSSR count). The third-order valence-corrected chi connectivity index (χ3v) is 7.15. The van der Waals surface area contributed by atoms with Gasteiger partial charge in [-0.2, -0.15) is 17.5 Å². The number of nitrogens with one attached hydrogen (secondary N) is 1. The van der Waals surface area contributed by atoms with E-state index in [4.69, 9.17) is 0 Å². The van der Waals surface area contributed by atoms with Crippen LogP contribution in [0.25, 0.3) is 0 Å². The highest BCUT2D eigenvalue weighted by atomic mass is 32.2. The van der Waals surface area contributed by atoms with Crippen LogP contribution in [0.4, 0.5) is 18.9 Å². The minimum Gasteiger partial charge on any atom is -0.321 e. The lowest BCUT2D eigenvalue weighted by Crippen LogP contribution is -2.30. The van der Waals surface area contributed by atoms with Crippen molar-refractivity contribution in [2.24, 2.45) is 0 Å². The SMILES string of the molecule is CCN(CC)S(=O)(=O)c1cccc(C(=O)Nc2ccccc2SCC(F)(F)F)c1. The third kappa shape index (κ3) is 6.22. The molecule has 0 aliphatic rings. The van der Waals surface area contributed by atoms with Crippen molar-refractivity contribution in [1.29, 1.82) is 0 Å². The number of halogens is 3. The van der Waals surface area contributed by atoms with Crippen molar-refractivity contribution in [1.82, 2.24) is 4.31 Å². The Morgan fingerprint density at radius 1 is 1.07 bits per heavy atom. The lowest BCUT2D eigenvalue weighted by atomic mass is 10.2. The summed E-state index contributed by atoms with van der Waals surface area (Å²) in [5, 5.41) is 2.56. The molecule has 0 aromatic heterocycles. The van der Waals surface area contributed by atoms with Gasteiger partial charge in [-0.15, -0.1) is 11.8 Å². The number of carbonyl (C=O) groups excluding carboxylic acids is 1. The molecular weight excluding hydrogens is 425 g/mol. The monoisotopic (exact) mass is 446 g/mol. The zero-order valence-corrected chi connectivity index (χ0v) is 17.5. The van der Waals surface area contributed by atoms with Crippen LogP contribution >= 0.6 is 11.8 Å². The maximum absolute atomic E-state index is 12.6. The smallest absolute Gasteiger partial charge is 0.321 e. The molecule has 0 atom stereocenters. The Morgan fingerprint density at radius 2 is 1.72 bits per heavy atom. The Labute approximate surface area is 172 Å². The number of sulfonamides is 1. The first-order valence-electron chi connectivity index (χ1n) is 8.78. The molecule has 1 N–H and O–H groups in total. The van der Waals surface area contributed by atoms with Crippen LogP contribution in [-0.4, -0.2) is 43.6 Å². The summed E-state index contributed by atoms with van der Waals surface area (Å²) < 4.78 is 64.1. The molecule has 2 aromatic rings. The molecule has 0 fully saturated rings. The van der Waals surface area contributed by atoms with Gasteiger partial charge in [0, 0.05) is 23.5 Å². The summed E-state index contributed by atoms with van der Waals surface area (Å²) in [6.07, 6.45) is -4.34. The minimum absolute atomic E-state index is 0.0198. The van der Waals surface area contributed by atoms with E-state index in [-0.39, 0.29) is 21.0 Å². The van der Waals surface area contributed by atoms with Gasteiger partial charge in [0.05, 0.1) is 16.3 Å². The largest absolute Gasteiger partial charge is 0.398 e. The van der Waals surface area contributed by atoms with E-state index in [1.54, 1.807) is 26.0 Å². The second-order valence-electron chi connectivity index (χ2n) is 5.97. The van der Waals surface area contributed by atoms with Crippen LogP contribution in [-0.2, 0) is 10.0 Å². The van der Waals surface area contributed by atoms with Gasteiger partial charge in [-0.05, 0) is 30.3 Å². The fourth-order valence-electron chi connectivity index (χ4n) is 2.56. The van der Waals surface area contributed by atoms with Gasteiger partial charge < -0.3 is 5.32 Å². The lowest BCUT2D eigenvalue weighted by Gasteiger charge is -2.18. The van der Waals surface area contributed by atoms with Gasteiger partial charge in [0.15, 0.2) is 0 Å². The van der Waals surface area contributed by atoms with Crippen molar-refractivity contribution in [2.75, 3.05) is 24.2 Å². The van der Waals surface area contributed by atoms with Gasteiger partial charge in [-0.25, -0.2) is 8.42 Å². The molecule has 0 aliphatic heterocycles. The molecule has 0 aliphatic carbocycles. The van der Waals surface area contributed by atoms with Gasteiger partial charge in [-0.3, -0.25) is 4.79 Å². The van der Waals surface area contributed by atoms with Crippen LogP contribution in [0.5, 0.6) is 0 Å². The molecule has 0 radical (unpaired) electrons. The first kappa shape index (κ1) is 23.2. The zero-order chi connectivity index (χ0) is 21.7. The summed E-state index contributed by atoms with van der Waals surface area (Å²) in [6, 6.07) is 11.7. The van der Waals surface area contributed by atoms with Gasteiger partial charge in [-0.1, -0.05) is 32.0 Å². The molecule has 2 aromatic carbocycles. The van der Waals surface area contributed by atoms with Gasteiger partial charge in [0.25, 0.3) is 5.91 Å². The van der Waals surface area contributed by atoms with Crippen LogP contribution < -0.4 is 5.32 Å². The van der Waals surface area contributed by atoms with E-state index in [1.165, 1.54) is 40.7 Å². The maximum Gasteiger partial charge on any atom is 0.398 e. The molecule has 0 saturated carbocycles. The fourth-order valence-corrected chi connectivity index (χ4v) is 4.83. The second kappa shape index (κ2) is 9.64. The van der Waals surface area contributed by atoms with Crippen LogP contribution in [0.15, 0.2) is 58.3 Å². The van der Waals surface area contributed by atoms with Crippen LogP contribution in [0, 0.1) is 0 Å². The molecule has 1 amide bonds. The summed E-state index contributed by atoms with van der Waals surface area (Å²) >= 11 is 0.566. The van der Waals surface area contributed by atoms with Crippen LogP contribution in [0.3, 0.4) is 0 Å². The number of para-hydroxylation sites is 1. The molecule has 0 saturated heterocycles. The molecule has 158 valence electrons. The van der Waals surface area contributed by atoms with E-state index in [0.29, 0.717) is 24.9 Å². The Kier molecular flexibility index (Phi) is 7.73. The molecule has 5 nitrogen and oxygen atoms in total. The van der Waals surface area contributed by atoms with Gasteiger partial charge >= 0.3 is 6.18 Å². The average Bonchev–Trinajstić information content (AvgIpc) is 2.67. The lowest BCUT2D eigenvalue weighted by molar-refractivity contribution is -0.105. The third-order valence-electron chi connectivity index (χ3n) is 3.97. The van der Waals surface area contributed by atoms with E-state index in [0.717, 1.165) is 0 Å². The van der Waals surface area contributed by atoms with E-state index in [2.05, 4.69) is 5.32 Å². The van der Waals surface area contributed by atoms with Crippen molar-refractivity contribution in [3.05, 3.63) is 54.1 Å². The number of thioether (sulfide) groups is 1. The standard InChI is InChI=1S/C19H21F3N2O3S2/c1-3-24(4-2)29(26,27)15-9-7-8-14(12-15)18(25)23-16-10-5-6-11-17(16)28-13-19(20,21)22/h5-12H,3-4,13H2,1-2H3,(H,23,25). The number of anilines is 1. The van der Waals surface area contributed by atoms with E-state index in [9.17, 15) is 26.4 Å². The normalized spacial score (nSPS) is 12.2. The number of carbonyl (C=O) groups is 1. The molecule has 0 bridgehead atoms. The van der Waals surface area contributed by atoms with E-state index < -0.39 is 27.9 Å². The number of rotatable bonds is 8. The summed E-state index contributed by atoms with van der Waals surface area (Å²) in [4.78, 5) is 12.9. The highest BCUT2D eigenvalue weighted by molar-refractivity contribution is 7.99. The molecule has 0 unspecified atom stereocenters. The van der Waals surface area contributed by atoms with Crippen molar-refractivity contribution < 1.29 is 26.4 Å². The second-order valence-corrected chi connectivity index (χ2v) is 8.93. The number of hydrogen-bond donors (Lipinski definition) is 1. The van der Waals surface area contributed by atoms with E-state index in [1.807, 2.05) is 0 Å². The number of amides is 1. The Morgan fingerprint density at radius 3 is 2.34 bits per heavy atom. The predicted molar refractivity (Wildman–Crippen MR) is 108 cm³/mol. The first-order valence-corrected chi connectivity index (χ1v) is 11.2. The number of hydrogen-bond acceptors (Lipinski definition) is 4. The molecule has 0 heterocycles. The highest BCUT2D eigenvalue weighted by Crippen LogP contribution is 2.32. The Balaban J connectivity index is 2.25. The van der Waals surface area contributed by atoms with E-state index >= 15 is 0 Å². The quantitative estimate of drug-likeness (QED) is 0.601. The van der Waals surface area contributed by atoms with Crippen molar-refractivity contribution in [3.8, 4) is 0 Å². The minimum atomic E-state index is -4.34. The topological polar surface area (TPSA) is 66.5 Å². The molecule has 29 heavy (non-hydrogen) atoms. The zero-order valence-electron chi connectivity index (χ0n) is 15.9. The van der Waals surface area contributed by atoms with Crippen molar-refractivity contribution in [3.63, 3.8) is 0 Å². The summed E-state index contributed by atoms with van der Waals surface area (Å²) in [7, 11) is -3.74. The number of nitrogens with zero attached hydrogens (tertiary/aromatic N) is 1. The molecule has 0 spiro atoms. The summed E-state index contributed by atoms with van der Waals surface area (Å²) in [5.74, 6) is -1.70. The summed E-state index contributed by atoms with van der Waals surface area (Å²) in [5.41, 5.74) is 0.317. The maximum atomic E-state index is 12.6. The highest BCUT2D eigenvalue weighted by Gasteiger charge is 2.28. The van der Waals surface area contributed by atoms with Gasteiger partial charge in [0.1, 0.15) is 0 Å². The average molecular weight is 447 g/mol. The Hall–Kier alpha value is -2.04. The molecule has 10 heteroatoms. The van der Waals surface area contributed by atoms with Crippen LogP contribution in [0.1, 0.15) is 24.2 Å². The first-order chi connectivity index (χ1) is 13.6. The number of alkyl halides is 3. The molecular formula is C19H21F3N2O3S2. The van der Waals surface area contributed by atoms with Crippen LogP contribution in [0.2, 0.25) is 0 Å². The Bertz CT molecular complexity index is 959. The van der Waals surface area contributed by atoms with Crippen molar-refractivity contribution in [2.45, 2.75) is 29.8 Å². The van der Waals surface area contributed by atoms with Gasteiger partial charge in [0.2, 0.25) is 10.0 Å². The fraction of sp³-hybridized carbons (Fsp3) is 0.316. The number of benzene rings is 2. The predicted octanol–water partition coefficient (Wildman–Crippen LogP) is 4.62. The summed E-state index contributed by atoms with van der Waals surface area (Å²) in [6.45, 7) is 4.01. The van der Waals surface area contributed by atoms with Crippen molar-refractivity contribution >= 4 is 33.4 Å².